The Hall–Kier alpha value is -3.13. The molecule has 4 rings (SSSR count). The van der Waals surface area contributed by atoms with Gasteiger partial charge in [0.1, 0.15) is 18.2 Å². The van der Waals surface area contributed by atoms with Gasteiger partial charge in [0.05, 0.1) is 24.2 Å². The van der Waals surface area contributed by atoms with Crippen LogP contribution in [-0.4, -0.2) is 28.7 Å². The summed E-state index contributed by atoms with van der Waals surface area (Å²) < 4.78 is 66.5. The van der Waals surface area contributed by atoms with Crippen LogP contribution in [0, 0.1) is 18.6 Å². The van der Waals surface area contributed by atoms with Crippen LogP contribution in [0.5, 0.6) is 11.5 Å². The van der Waals surface area contributed by atoms with Crippen molar-refractivity contribution in [2.24, 2.45) is 0 Å². The lowest BCUT2D eigenvalue weighted by atomic mass is 10.0. The summed E-state index contributed by atoms with van der Waals surface area (Å²) in [6.07, 6.45) is 0. The van der Waals surface area contributed by atoms with Gasteiger partial charge in [0.2, 0.25) is 0 Å². The van der Waals surface area contributed by atoms with E-state index in [2.05, 4.69) is 0 Å². The number of nitrogens with zero attached hydrogens (tertiary/aromatic N) is 1. The van der Waals surface area contributed by atoms with Gasteiger partial charge >= 0.3 is 0 Å². The van der Waals surface area contributed by atoms with Crippen molar-refractivity contribution in [1.29, 1.82) is 0 Å². The van der Waals surface area contributed by atoms with Gasteiger partial charge in [-0.3, -0.25) is 4.31 Å². The van der Waals surface area contributed by atoms with Gasteiger partial charge in [-0.05, 0) is 48.9 Å². The molecule has 5 nitrogen and oxygen atoms in total. The van der Waals surface area contributed by atoms with E-state index in [-0.39, 0.29) is 23.8 Å². The second-order valence-corrected chi connectivity index (χ2v) is 8.75. The summed E-state index contributed by atoms with van der Waals surface area (Å²) in [6.45, 7) is 2.07. The Balaban J connectivity index is 1.82. The van der Waals surface area contributed by atoms with Gasteiger partial charge < -0.3 is 9.47 Å². The van der Waals surface area contributed by atoms with Gasteiger partial charge in [-0.2, -0.15) is 0 Å². The van der Waals surface area contributed by atoms with Crippen LogP contribution in [0.4, 0.5) is 14.5 Å². The van der Waals surface area contributed by atoms with Gasteiger partial charge in [-0.25, -0.2) is 17.2 Å². The quantitative estimate of drug-likeness (QED) is 0.609. The van der Waals surface area contributed by atoms with Crippen molar-refractivity contribution >= 4 is 15.7 Å². The fourth-order valence-electron chi connectivity index (χ4n) is 3.40. The van der Waals surface area contributed by atoms with Crippen LogP contribution >= 0.6 is 0 Å². The molecule has 1 aliphatic rings. The molecule has 0 saturated heterocycles. The smallest absolute Gasteiger partial charge is 0.264 e. The summed E-state index contributed by atoms with van der Waals surface area (Å²) in [5, 5.41) is 0. The summed E-state index contributed by atoms with van der Waals surface area (Å²) in [7, 11) is -2.76. The number of hydrogen-bond donors (Lipinski definition) is 0. The standard InChI is InChI=1S/C22H19F2NO4S/c1-14-3-6-18(23)17(11-14)15-4-8-21-20(12-15)25(9-10-29-21)30(26,27)16-5-7-19(24)22(13-16)28-2/h3-8,11-13H,9-10H2,1-2H3. The third kappa shape index (κ3) is 3.47. The number of benzene rings is 3. The fourth-order valence-corrected chi connectivity index (χ4v) is 4.87. The molecule has 0 spiro atoms. The Labute approximate surface area is 173 Å². The first-order chi connectivity index (χ1) is 14.3. The predicted octanol–water partition coefficient (Wildman–Crippen LogP) is 4.54. The third-order valence-corrected chi connectivity index (χ3v) is 6.73. The highest BCUT2D eigenvalue weighted by atomic mass is 32.2. The zero-order valence-corrected chi connectivity index (χ0v) is 17.2. The summed E-state index contributed by atoms with van der Waals surface area (Å²) in [5.74, 6) is -0.859. The maximum atomic E-state index is 14.4. The van der Waals surface area contributed by atoms with E-state index in [9.17, 15) is 17.2 Å². The first kappa shape index (κ1) is 20.2. The van der Waals surface area contributed by atoms with Crippen LogP contribution in [0.15, 0.2) is 59.5 Å². The van der Waals surface area contributed by atoms with Gasteiger partial charge in [-0.1, -0.05) is 17.7 Å². The monoisotopic (exact) mass is 431 g/mol. The Bertz CT molecular complexity index is 1230. The number of halogens is 2. The summed E-state index contributed by atoms with van der Waals surface area (Å²) in [4.78, 5) is -0.110. The molecule has 0 saturated carbocycles. The van der Waals surface area contributed by atoms with Crippen molar-refractivity contribution in [3.8, 4) is 22.6 Å². The number of fused-ring (bicyclic) bond motifs is 1. The minimum absolute atomic E-state index is 0.0643. The number of anilines is 1. The first-order valence-electron chi connectivity index (χ1n) is 9.21. The number of rotatable bonds is 4. The van der Waals surface area contributed by atoms with Crippen LogP contribution in [0.1, 0.15) is 5.56 Å². The predicted molar refractivity (Wildman–Crippen MR) is 110 cm³/mol. The van der Waals surface area contributed by atoms with E-state index in [1.807, 2.05) is 6.92 Å². The Morgan fingerprint density at radius 2 is 1.77 bits per heavy atom. The number of methoxy groups -OCH3 is 1. The van der Waals surface area contributed by atoms with Crippen LogP contribution in [-0.2, 0) is 10.0 Å². The maximum Gasteiger partial charge on any atom is 0.264 e. The number of sulfonamides is 1. The molecule has 156 valence electrons. The number of ether oxygens (including phenoxy) is 2. The van der Waals surface area contributed by atoms with Crippen molar-refractivity contribution < 1.29 is 26.7 Å². The van der Waals surface area contributed by atoms with Gasteiger partial charge in [0, 0.05) is 11.6 Å². The molecule has 3 aromatic rings. The second kappa shape index (κ2) is 7.60. The highest BCUT2D eigenvalue weighted by molar-refractivity contribution is 7.92. The largest absolute Gasteiger partial charge is 0.494 e. The Kier molecular flexibility index (Phi) is 5.11. The normalized spacial score (nSPS) is 13.5. The molecular formula is C22H19F2NO4S. The average molecular weight is 431 g/mol. The zero-order valence-electron chi connectivity index (χ0n) is 16.4. The van der Waals surface area contributed by atoms with Crippen LogP contribution in [0.2, 0.25) is 0 Å². The van der Waals surface area contributed by atoms with Gasteiger partial charge in [0.15, 0.2) is 11.6 Å². The fraction of sp³-hybridized carbons (Fsp3) is 0.182. The number of aryl methyl sites for hydroxylation is 1. The van der Waals surface area contributed by atoms with Crippen molar-refractivity contribution in [3.05, 3.63) is 71.8 Å². The second-order valence-electron chi connectivity index (χ2n) is 6.89. The number of hydrogen-bond acceptors (Lipinski definition) is 4. The van der Waals surface area contributed by atoms with Crippen molar-refractivity contribution in [3.63, 3.8) is 0 Å². The zero-order chi connectivity index (χ0) is 21.5. The average Bonchev–Trinajstić information content (AvgIpc) is 2.74. The molecular weight excluding hydrogens is 412 g/mol. The molecule has 0 N–H and O–H groups in total. The first-order valence-corrected chi connectivity index (χ1v) is 10.6. The van der Waals surface area contributed by atoms with E-state index in [1.165, 1.54) is 23.5 Å². The van der Waals surface area contributed by atoms with Gasteiger partial charge in [-0.15, -0.1) is 0 Å². The Morgan fingerprint density at radius 3 is 2.53 bits per heavy atom. The molecule has 8 heteroatoms. The topological polar surface area (TPSA) is 55.8 Å². The highest BCUT2D eigenvalue weighted by Gasteiger charge is 2.31. The molecule has 30 heavy (non-hydrogen) atoms. The lowest BCUT2D eigenvalue weighted by Crippen LogP contribution is -2.38. The summed E-state index contributed by atoms with van der Waals surface area (Å²) >= 11 is 0. The minimum atomic E-state index is -4.03. The molecule has 0 bridgehead atoms. The van der Waals surface area contributed by atoms with Crippen LogP contribution in [0.25, 0.3) is 11.1 Å². The van der Waals surface area contributed by atoms with Crippen LogP contribution < -0.4 is 13.8 Å². The summed E-state index contributed by atoms with van der Waals surface area (Å²) in [5.41, 5.74) is 2.06. The third-order valence-electron chi connectivity index (χ3n) is 4.92. The van der Waals surface area contributed by atoms with E-state index >= 15 is 0 Å². The Morgan fingerprint density at radius 1 is 1.00 bits per heavy atom. The molecule has 3 aromatic carbocycles. The van der Waals surface area contributed by atoms with Crippen molar-refractivity contribution in [2.45, 2.75) is 11.8 Å². The summed E-state index contributed by atoms with van der Waals surface area (Å²) in [6, 6.07) is 13.0. The molecule has 0 unspecified atom stereocenters. The molecule has 0 aromatic heterocycles. The van der Waals surface area contributed by atoms with E-state index in [4.69, 9.17) is 9.47 Å². The highest BCUT2D eigenvalue weighted by Crippen LogP contribution is 2.39. The van der Waals surface area contributed by atoms with Crippen LogP contribution in [0.3, 0.4) is 0 Å². The molecule has 0 aliphatic carbocycles. The van der Waals surface area contributed by atoms with Gasteiger partial charge in [0.25, 0.3) is 10.0 Å². The molecule has 0 amide bonds. The molecule has 1 aliphatic heterocycles. The molecule has 0 fully saturated rings. The maximum absolute atomic E-state index is 14.4. The van der Waals surface area contributed by atoms with E-state index < -0.39 is 21.7 Å². The lowest BCUT2D eigenvalue weighted by Gasteiger charge is -2.31. The van der Waals surface area contributed by atoms with Crippen molar-refractivity contribution in [1.82, 2.24) is 0 Å². The molecule has 0 radical (unpaired) electrons. The minimum Gasteiger partial charge on any atom is -0.494 e. The lowest BCUT2D eigenvalue weighted by molar-refractivity contribution is 0.316. The molecule has 1 heterocycles. The van der Waals surface area contributed by atoms with E-state index in [0.717, 1.165) is 17.7 Å². The van der Waals surface area contributed by atoms with E-state index in [0.29, 0.717) is 22.6 Å². The van der Waals surface area contributed by atoms with E-state index in [1.54, 1.807) is 30.3 Å². The van der Waals surface area contributed by atoms with Crippen molar-refractivity contribution in [2.75, 3.05) is 24.6 Å². The molecule has 0 atom stereocenters. The SMILES string of the molecule is COc1cc(S(=O)(=O)N2CCOc3ccc(-c4cc(C)ccc4F)cc32)ccc1F.